The molecular weight excluding hydrogens is 522 g/mol. The number of nitrogens with two attached hydrogens (primary N) is 1. The average Bonchev–Trinajstić information content (AvgIpc) is 2.96. The summed E-state index contributed by atoms with van der Waals surface area (Å²) < 4.78 is 0. The minimum atomic E-state index is -1.08. The van der Waals surface area contributed by atoms with Crippen molar-refractivity contribution < 1.29 is 19.8 Å². The zero-order valence-corrected chi connectivity index (χ0v) is 23.3. The van der Waals surface area contributed by atoms with Gasteiger partial charge in [-0.05, 0) is 38.3 Å². The zero-order valence-electron chi connectivity index (χ0n) is 22.5. The van der Waals surface area contributed by atoms with Gasteiger partial charge in [0.1, 0.15) is 0 Å². The number of aryl methyl sites for hydroxylation is 1. The number of aliphatic hydroxyl groups excluding tert-OH is 2. The first-order valence-corrected chi connectivity index (χ1v) is 13.9. The highest BCUT2D eigenvalue weighted by atomic mass is 35.5. The number of piperazine rings is 1. The van der Waals surface area contributed by atoms with Gasteiger partial charge in [-0.1, -0.05) is 36.2 Å². The van der Waals surface area contributed by atoms with Crippen molar-refractivity contribution in [1.29, 1.82) is 0 Å². The van der Waals surface area contributed by atoms with Crippen molar-refractivity contribution in [2.75, 3.05) is 56.5 Å². The molecule has 2 aliphatic rings. The molecule has 5 N–H and O–H groups in total. The molecule has 12 heteroatoms. The lowest BCUT2D eigenvalue weighted by molar-refractivity contribution is 0.0490. The molecule has 0 saturated carbocycles. The monoisotopic (exact) mass is 559 g/mol. The lowest BCUT2D eigenvalue weighted by Gasteiger charge is -2.47. The van der Waals surface area contributed by atoms with E-state index in [1.807, 2.05) is 36.1 Å². The molecule has 2 atom stereocenters. The molecule has 0 spiro atoms. The Morgan fingerprint density at radius 3 is 2.49 bits per heavy atom. The van der Waals surface area contributed by atoms with Gasteiger partial charge in [-0.3, -0.25) is 14.5 Å². The second kappa shape index (κ2) is 12.9. The highest BCUT2D eigenvalue weighted by molar-refractivity contribution is 6.32. The van der Waals surface area contributed by atoms with Gasteiger partial charge in [-0.15, -0.1) is 0 Å². The molecule has 0 bridgehead atoms. The van der Waals surface area contributed by atoms with Crippen molar-refractivity contribution in [1.82, 2.24) is 25.1 Å². The normalized spacial score (nSPS) is 19.7. The fourth-order valence-corrected chi connectivity index (χ4v) is 5.58. The Bertz CT molecular complexity index is 1160. The third-order valence-corrected chi connectivity index (χ3v) is 7.86. The minimum Gasteiger partial charge on any atom is -0.394 e. The van der Waals surface area contributed by atoms with Crippen LogP contribution in [0.25, 0.3) is 0 Å². The number of carbonyl (C=O) groups is 2. The number of rotatable bonds is 8. The van der Waals surface area contributed by atoms with Crippen LogP contribution in [0.15, 0.2) is 24.3 Å². The van der Waals surface area contributed by atoms with Gasteiger partial charge >= 0.3 is 0 Å². The summed E-state index contributed by atoms with van der Waals surface area (Å²) in [7, 11) is 0. The molecule has 2 amide bonds. The molecule has 3 heterocycles. The molecule has 212 valence electrons. The minimum absolute atomic E-state index is 0.0496. The van der Waals surface area contributed by atoms with E-state index in [1.165, 1.54) is 0 Å². The van der Waals surface area contributed by atoms with Crippen LogP contribution in [-0.2, 0) is 0 Å². The number of aliphatic hydroxyl groups is 2. The predicted molar refractivity (Wildman–Crippen MR) is 150 cm³/mol. The van der Waals surface area contributed by atoms with Crippen LogP contribution in [0.3, 0.4) is 0 Å². The Morgan fingerprint density at radius 2 is 1.85 bits per heavy atom. The Morgan fingerprint density at radius 1 is 1.15 bits per heavy atom. The summed E-state index contributed by atoms with van der Waals surface area (Å²) in [6, 6.07) is 8.41. The summed E-state index contributed by atoms with van der Waals surface area (Å²) in [4.78, 5) is 40.5. The fourth-order valence-electron chi connectivity index (χ4n) is 5.33. The Kier molecular flexibility index (Phi) is 9.60. The lowest BCUT2D eigenvalue weighted by Crippen LogP contribution is -2.58. The summed E-state index contributed by atoms with van der Waals surface area (Å²) in [6.07, 6.45) is 1.71. The number of nitrogen functional groups attached to an aromatic ring is 1. The summed E-state index contributed by atoms with van der Waals surface area (Å²) in [5, 5.41) is 20.9. The number of anilines is 2. The predicted octanol–water partition coefficient (Wildman–Crippen LogP) is 1.31. The summed E-state index contributed by atoms with van der Waals surface area (Å²) in [5.74, 6) is -0.133. The maximum absolute atomic E-state index is 12.9. The lowest BCUT2D eigenvalue weighted by atomic mass is 9.97. The van der Waals surface area contributed by atoms with Crippen LogP contribution in [0, 0.1) is 6.92 Å². The zero-order chi connectivity index (χ0) is 28.1. The van der Waals surface area contributed by atoms with Gasteiger partial charge < -0.3 is 31.1 Å². The van der Waals surface area contributed by atoms with Gasteiger partial charge in [-0.25, -0.2) is 9.97 Å². The number of aromatic nitrogens is 2. The number of likely N-dealkylation sites (tertiary alicyclic amines) is 1. The first kappa shape index (κ1) is 29.0. The quantitative estimate of drug-likeness (QED) is 0.375. The van der Waals surface area contributed by atoms with E-state index in [1.54, 1.807) is 0 Å². The second-order valence-electron chi connectivity index (χ2n) is 10.3. The first-order valence-electron chi connectivity index (χ1n) is 13.5. The Labute approximate surface area is 234 Å². The smallest absolute Gasteiger partial charge is 0.273 e. The third-order valence-electron chi connectivity index (χ3n) is 7.61. The van der Waals surface area contributed by atoms with E-state index in [9.17, 15) is 14.7 Å². The number of amides is 2. The van der Waals surface area contributed by atoms with E-state index in [0.29, 0.717) is 24.9 Å². The molecule has 39 heavy (non-hydrogen) atoms. The van der Waals surface area contributed by atoms with Gasteiger partial charge in [0.2, 0.25) is 0 Å². The maximum atomic E-state index is 12.9. The van der Waals surface area contributed by atoms with Crippen molar-refractivity contribution in [3.63, 3.8) is 0 Å². The SMILES string of the molecule is CC[C@H]1CN(c2nc(N)c(C(=O)NC[C@@H](O)CO)nc2Cl)CCN1C1CCN(C(=O)c2ccc(C)cc2)CC1. The average molecular weight is 560 g/mol. The number of carbonyl (C=O) groups excluding carboxylic acids is 2. The highest BCUT2D eigenvalue weighted by Gasteiger charge is 2.35. The van der Waals surface area contributed by atoms with Gasteiger partial charge in [0, 0.05) is 56.9 Å². The Balaban J connectivity index is 1.36. The molecule has 11 nitrogen and oxygen atoms in total. The van der Waals surface area contributed by atoms with E-state index in [-0.39, 0.29) is 35.2 Å². The van der Waals surface area contributed by atoms with Crippen LogP contribution in [0.4, 0.5) is 11.6 Å². The molecule has 0 radical (unpaired) electrons. The molecule has 1 aromatic carbocycles. The summed E-state index contributed by atoms with van der Waals surface area (Å²) in [5.41, 5.74) is 7.82. The number of piperidine rings is 1. The first-order chi connectivity index (χ1) is 18.7. The van der Waals surface area contributed by atoms with Gasteiger partial charge in [0.25, 0.3) is 11.8 Å². The van der Waals surface area contributed by atoms with Crippen molar-refractivity contribution in [3.8, 4) is 0 Å². The number of benzene rings is 1. The van der Waals surface area contributed by atoms with E-state index < -0.39 is 18.6 Å². The van der Waals surface area contributed by atoms with Crippen LogP contribution < -0.4 is 16.0 Å². The van der Waals surface area contributed by atoms with Gasteiger partial charge in [0.05, 0.1) is 12.7 Å². The standard InChI is InChI=1S/C27H38ClN7O4/c1-3-19-15-34(25-23(28)31-22(24(29)32-25)26(38)30-14-21(37)16-36)12-13-35(19)20-8-10-33(11-9-20)27(39)18-6-4-17(2)5-7-18/h4-7,19-21,36-37H,3,8-16H2,1-2H3,(H2,29,32)(H,30,38)/t19-,21+/m0/s1. The molecule has 2 aromatic rings. The van der Waals surface area contributed by atoms with Crippen LogP contribution in [-0.4, -0.2) is 106 Å². The second-order valence-corrected chi connectivity index (χ2v) is 10.6. The number of hydrogen-bond donors (Lipinski definition) is 4. The summed E-state index contributed by atoms with van der Waals surface area (Å²) in [6.45, 7) is 7.22. The van der Waals surface area contributed by atoms with E-state index in [4.69, 9.17) is 22.4 Å². The third kappa shape index (κ3) is 6.78. The summed E-state index contributed by atoms with van der Waals surface area (Å²) >= 11 is 6.46. The van der Waals surface area contributed by atoms with Crippen LogP contribution in [0.5, 0.6) is 0 Å². The molecule has 0 aliphatic carbocycles. The fraction of sp³-hybridized carbons (Fsp3) is 0.556. The van der Waals surface area contributed by atoms with Gasteiger partial charge in [0.15, 0.2) is 22.5 Å². The largest absolute Gasteiger partial charge is 0.394 e. The number of nitrogens with zero attached hydrogens (tertiary/aromatic N) is 5. The Hall–Kier alpha value is -2.99. The maximum Gasteiger partial charge on any atom is 0.273 e. The molecule has 4 rings (SSSR count). The molecule has 0 unspecified atom stereocenters. The molecular formula is C27H38ClN7O4. The van der Waals surface area contributed by atoms with Crippen LogP contribution in [0.1, 0.15) is 52.6 Å². The highest BCUT2D eigenvalue weighted by Crippen LogP contribution is 2.30. The van der Waals surface area contributed by atoms with E-state index in [2.05, 4.69) is 32.0 Å². The van der Waals surface area contributed by atoms with Crippen LogP contribution >= 0.6 is 11.6 Å². The van der Waals surface area contributed by atoms with Gasteiger partial charge in [-0.2, -0.15) is 0 Å². The van der Waals surface area contributed by atoms with Crippen LogP contribution in [0.2, 0.25) is 5.15 Å². The number of nitrogens with one attached hydrogen (secondary N) is 1. The van der Waals surface area contributed by atoms with E-state index >= 15 is 0 Å². The number of halogens is 1. The molecule has 2 saturated heterocycles. The van der Waals surface area contributed by atoms with Crippen molar-refractivity contribution >= 4 is 35.1 Å². The number of hydrogen-bond acceptors (Lipinski definition) is 9. The topological polar surface area (TPSA) is 148 Å². The van der Waals surface area contributed by atoms with E-state index in [0.717, 1.165) is 50.0 Å². The molecule has 1 aromatic heterocycles. The van der Waals surface area contributed by atoms with Crippen molar-refractivity contribution in [2.24, 2.45) is 0 Å². The van der Waals surface area contributed by atoms with Crippen molar-refractivity contribution in [3.05, 3.63) is 46.2 Å². The van der Waals surface area contributed by atoms with Crippen molar-refractivity contribution in [2.45, 2.75) is 51.3 Å². The molecule has 2 fully saturated rings. The molecule has 2 aliphatic heterocycles.